The zero-order chi connectivity index (χ0) is 12.8. The average Bonchev–Trinajstić information content (AvgIpc) is 2.88. The number of nitrogens with one attached hydrogen (secondary N) is 2. The second-order valence-electron chi connectivity index (χ2n) is 4.22. The van der Waals surface area contributed by atoms with Gasteiger partial charge in [0.25, 0.3) is 5.91 Å². The normalized spacial score (nSPS) is 13.4. The molecule has 5 nitrogen and oxygen atoms in total. The molecule has 1 heterocycles. The van der Waals surface area contributed by atoms with Crippen LogP contribution in [0.1, 0.15) is 16.8 Å². The Morgan fingerprint density at radius 2 is 2.17 bits per heavy atom. The molecule has 1 aromatic carbocycles. The van der Waals surface area contributed by atoms with Crippen LogP contribution in [0.25, 0.3) is 0 Å². The Morgan fingerprint density at radius 1 is 1.39 bits per heavy atom. The number of rotatable bonds is 5. The van der Waals surface area contributed by atoms with Gasteiger partial charge in [0.1, 0.15) is 0 Å². The van der Waals surface area contributed by atoms with E-state index < -0.39 is 0 Å². The summed E-state index contributed by atoms with van der Waals surface area (Å²) in [6.07, 6.45) is 4.86. The van der Waals surface area contributed by atoms with Crippen LogP contribution in [-0.4, -0.2) is 30.6 Å². The summed E-state index contributed by atoms with van der Waals surface area (Å²) in [7, 11) is 0. The van der Waals surface area contributed by atoms with Gasteiger partial charge in [0.05, 0.1) is 6.67 Å². The summed E-state index contributed by atoms with van der Waals surface area (Å²) >= 11 is 0. The molecular formula is C13H18N4O. The number of carbonyl (C=O) groups excluding carboxylic acids is 1. The van der Waals surface area contributed by atoms with Crippen molar-refractivity contribution in [1.29, 1.82) is 0 Å². The standard InChI is InChI=1S/C13H18N4O/c14-12-4-2-11(3-5-12)13(18)16-6-1-8-17-9-7-15-10-17/h2-5,7,9,15H,1,6,8,10,14H2,(H,16,18). The fraction of sp³-hybridized carbons (Fsp3) is 0.308. The van der Waals surface area contributed by atoms with Crippen molar-refractivity contribution in [3.8, 4) is 0 Å². The molecule has 1 aromatic rings. The van der Waals surface area contributed by atoms with Crippen molar-refractivity contribution in [2.75, 3.05) is 25.5 Å². The van der Waals surface area contributed by atoms with E-state index in [0.29, 0.717) is 17.8 Å². The van der Waals surface area contributed by atoms with Gasteiger partial charge in [-0.25, -0.2) is 0 Å². The van der Waals surface area contributed by atoms with Crippen LogP contribution in [-0.2, 0) is 0 Å². The topological polar surface area (TPSA) is 70.4 Å². The first-order chi connectivity index (χ1) is 8.75. The highest BCUT2D eigenvalue weighted by atomic mass is 16.1. The first-order valence-electron chi connectivity index (χ1n) is 6.03. The maximum atomic E-state index is 11.8. The highest BCUT2D eigenvalue weighted by Crippen LogP contribution is 2.05. The Bertz CT molecular complexity index is 427. The van der Waals surface area contributed by atoms with E-state index in [0.717, 1.165) is 19.6 Å². The van der Waals surface area contributed by atoms with Crippen LogP contribution in [0.5, 0.6) is 0 Å². The first-order valence-corrected chi connectivity index (χ1v) is 6.03. The third-order valence-corrected chi connectivity index (χ3v) is 2.78. The number of hydrogen-bond acceptors (Lipinski definition) is 4. The molecule has 0 saturated carbocycles. The number of nitrogens with zero attached hydrogens (tertiary/aromatic N) is 1. The summed E-state index contributed by atoms with van der Waals surface area (Å²) in [6.45, 7) is 2.46. The third-order valence-electron chi connectivity index (χ3n) is 2.78. The van der Waals surface area contributed by atoms with Crippen molar-refractivity contribution in [2.45, 2.75) is 6.42 Å². The average molecular weight is 246 g/mol. The molecule has 1 aliphatic rings. The highest BCUT2D eigenvalue weighted by Gasteiger charge is 2.05. The fourth-order valence-corrected chi connectivity index (χ4v) is 1.75. The molecule has 0 bridgehead atoms. The number of anilines is 1. The van der Waals surface area contributed by atoms with E-state index in [1.807, 2.05) is 12.4 Å². The lowest BCUT2D eigenvalue weighted by Gasteiger charge is -2.14. The van der Waals surface area contributed by atoms with E-state index in [1.54, 1.807) is 24.3 Å². The fourth-order valence-electron chi connectivity index (χ4n) is 1.75. The molecule has 0 radical (unpaired) electrons. The van der Waals surface area contributed by atoms with Crippen LogP contribution >= 0.6 is 0 Å². The number of nitrogen functional groups attached to an aromatic ring is 1. The summed E-state index contributed by atoms with van der Waals surface area (Å²) in [6, 6.07) is 6.93. The Labute approximate surface area is 107 Å². The summed E-state index contributed by atoms with van der Waals surface area (Å²) in [5.74, 6) is -0.0508. The van der Waals surface area contributed by atoms with E-state index in [9.17, 15) is 4.79 Å². The number of nitrogens with two attached hydrogens (primary N) is 1. The van der Waals surface area contributed by atoms with Crippen LogP contribution in [0.15, 0.2) is 36.7 Å². The summed E-state index contributed by atoms with van der Waals surface area (Å²) in [5, 5.41) is 5.99. The molecule has 1 aliphatic heterocycles. The molecule has 4 N–H and O–H groups in total. The van der Waals surface area contributed by atoms with Gasteiger partial charge < -0.3 is 21.3 Å². The van der Waals surface area contributed by atoms with E-state index >= 15 is 0 Å². The smallest absolute Gasteiger partial charge is 0.251 e. The second-order valence-corrected chi connectivity index (χ2v) is 4.22. The Hall–Kier alpha value is -2.17. The lowest BCUT2D eigenvalue weighted by molar-refractivity contribution is 0.0952. The van der Waals surface area contributed by atoms with Gasteiger partial charge >= 0.3 is 0 Å². The summed E-state index contributed by atoms with van der Waals surface area (Å²) in [5.41, 5.74) is 6.88. The largest absolute Gasteiger partial charge is 0.399 e. The molecule has 18 heavy (non-hydrogen) atoms. The van der Waals surface area contributed by atoms with Gasteiger partial charge in [0.2, 0.25) is 0 Å². The van der Waals surface area contributed by atoms with Crippen molar-refractivity contribution in [1.82, 2.24) is 15.5 Å². The van der Waals surface area contributed by atoms with Gasteiger partial charge in [-0.3, -0.25) is 4.79 Å². The van der Waals surface area contributed by atoms with Gasteiger partial charge in [-0.15, -0.1) is 0 Å². The highest BCUT2D eigenvalue weighted by molar-refractivity contribution is 5.94. The lowest BCUT2D eigenvalue weighted by atomic mass is 10.2. The minimum atomic E-state index is -0.0508. The first kappa shape index (κ1) is 12.3. The number of amides is 1. The lowest BCUT2D eigenvalue weighted by Crippen LogP contribution is -2.28. The molecule has 2 rings (SSSR count). The third kappa shape index (κ3) is 3.41. The summed E-state index contributed by atoms with van der Waals surface area (Å²) in [4.78, 5) is 13.9. The molecular weight excluding hydrogens is 228 g/mol. The molecule has 5 heteroatoms. The number of hydrogen-bond donors (Lipinski definition) is 3. The second kappa shape index (κ2) is 5.95. The monoisotopic (exact) mass is 246 g/mol. The van der Waals surface area contributed by atoms with E-state index in [1.165, 1.54) is 0 Å². The zero-order valence-electron chi connectivity index (χ0n) is 10.2. The van der Waals surface area contributed by atoms with Crippen molar-refractivity contribution >= 4 is 11.6 Å². The van der Waals surface area contributed by atoms with E-state index in [-0.39, 0.29) is 5.91 Å². The van der Waals surface area contributed by atoms with Crippen LogP contribution in [0.3, 0.4) is 0 Å². The quantitative estimate of drug-likeness (QED) is 0.529. The molecule has 0 aliphatic carbocycles. The predicted molar refractivity (Wildman–Crippen MR) is 71.7 cm³/mol. The van der Waals surface area contributed by atoms with Crippen LogP contribution in [0.4, 0.5) is 5.69 Å². The van der Waals surface area contributed by atoms with Crippen molar-refractivity contribution in [3.05, 3.63) is 42.2 Å². The predicted octanol–water partition coefficient (Wildman–Crippen LogP) is 0.723. The molecule has 0 aromatic heterocycles. The Kier molecular flexibility index (Phi) is 4.06. The molecule has 0 unspecified atom stereocenters. The number of carbonyl (C=O) groups is 1. The minimum Gasteiger partial charge on any atom is -0.399 e. The zero-order valence-corrected chi connectivity index (χ0v) is 10.2. The molecule has 96 valence electrons. The molecule has 0 atom stereocenters. The van der Waals surface area contributed by atoms with Gasteiger partial charge in [0, 0.05) is 36.7 Å². The van der Waals surface area contributed by atoms with Crippen LogP contribution in [0, 0.1) is 0 Å². The molecule has 1 amide bonds. The Morgan fingerprint density at radius 3 is 2.83 bits per heavy atom. The molecule has 0 fully saturated rings. The van der Waals surface area contributed by atoms with Crippen molar-refractivity contribution in [2.24, 2.45) is 0 Å². The van der Waals surface area contributed by atoms with Gasteiger partial charge in [-0.2, -0.15) is 0 Å². The Balaban J connectivity index is 1.68. The maximum Gasteiger partial charge on any atom is 0.251 e. The van der Waals surface area contributed by atoms with E-state index in [4.69, 9.17) is 5.73 Å². The van der Waals surface area contributed by atoms with Crippen LogP contribution in [0.2, 0.25) is 0 Å². The minimum absolute atomic E-state index is 0.0508. The maximum absolute atomic E-state index is 11.8. The van der Waals surface area contributed by atoms with Crippen molar-refractivity contribution in [3.63, 3.8) is 0 Å². The van der Waals surface area contributed by atoms with E-state index in [2.05, 4.69) is 15.5 Å². The van der Waals surface area contributed by atoms with Gasteiger partial charge in [-0.05, 0) is 30.7 Å². The summed E-state index contributed by atoms with van der Waals surface area (Å²) < 4.78 is 0. The van der Waals surface area contributed by atoms with Crippen LogP contribution < -0.4 is 16.4 Å². The SMILES string of the molecule is Nc1ccc(C(=O)NCCCN2C=CNC2)cc1. The van der Waals surface area contributed by atoms with Gasteiger partial charge in [0.15, 0.2) is 0 Å². The van der Waals surface area contributed by atoms with Gasteiger partial charge in [-0.1, -0.05) is 0 Å². The van der Waals surface area contributed by atoms with Crippen molar-refractivity contribution < 1.29 is 4.79 Å². The molecule has 0 spiro atoms. The number of benzene rings is 1. The molecule has 0 saturated heterocycles.